The van der Waals surface area contributed by atoms with Crippen LogP contribution in [0.3, 0.4) is 0 Å². The van der Waals surface area contributed by atoms with E-state index in [-0.39, 0.29) is 0 Å². The van der Waals surface area contributed by atoms with Gasteiger partial charge in [0.1, 0.15) is 11.8 Å². The quantitative estimate of drug-likeness (QED) is 0.533. The third-order valence-electron chi connectivity index (χ3n) is 1.79. The van der Waals surface area contributed by atoms with E-state index in [1.54, 1.807) is 6.26 Å². The predicted molar refractivity (Wildman–Crippen MR) is 48.6 cm³/mol. The van der Waals surface area contributed by atoms with Crippen molar-refractivity contribution < 1.29 is 4.42 Å². The number of fused-ring (bicyclic) bond motifs is 1. The second kappa shape index (κ2) is 2.42. The van der Waals surface area contributed by atoms with Crippen molar-refractivity contribution in [1.29, 1.82) is 0 Å². The van der Waals surface area contributed by atoms with Crippen molar-refractivity contribution in [2.24, 2.45) is 0 Å². The summed E-state index contributed by atoms with van der Waals surface area (Å²) in [5.74, 6) is 2.56. The summed E-state index contributed by atoms with van der Waals surface area (Å²) in [6.45, 7) is 3.82. The van der Waals surface area contributed by atoms with E-state index in [1.807, 2.05) is 18.2 Å². The van der Waals surface area contributed by atoms with Crippen LogP contribution in [0.1, 0.15) is 11.1 Å². The van der Waals surface area contributed by atoms with Gasteiger partial charge in [0, 0.05) is 5.39 Å². The molecule has 0 fully saturated rings. The van der Waals surface area contributed by atoms with E-state index in [0.29, 0.717) is 0 Å². The Morgan fingerprint density at radius 1 is 1.42 bits per heavy atom. The van der Waals surface area contributed by atoms with Crippen LogP contribution in [0, 0.1) is 19.3 Å². The standard InChI is InChI=1S/C11H7O/c1-3-9-7-12-11-5-4-8(2)6-10(9)11/h1,4-7H,2H2. The lowest BCUT2D eigenvalue weighted by Gasteiger charge is -1.90. The number of benzene rings is 1. The molecule has 0 saturated carbocycles. The average molecular weight is 155 g/mol. The minimum Gasteiger partial charge on any atom is -0.463 e. The second-order valence-corrected chi connectivity index (χ2v) is 2.62. The largest absolute Gasteiger partial charge is 0.463 e. The Morgan fingerprint density at radius 2 is 2.25 bits per heavy atom. The third kappa shape index (κ3) is 0.895. The van der Waals surface area contributed by atoms with Gasteiger partial charge in [0.25, 0.3) is 0 Å². The van der Waals surface area contributed by atoms with Gasteiger partial charge in [-0.3, -0.25) is 0 Å². The van der Waals surface area contributed by atoms with Crippen molar-refractivity contribution in [3.05, 3.63) is 42.5 Å². The van der Waals surface area contributed by atoms with E-state index < -0.39 is 0 Å². The normalized spacial score (nSPS) is 10.0. The molecular weight excluding hydrogens is 148 g/mol. The Balaban J connectivity index is 2.86. The zero-order valence-electron chi connectivity index (χ0n) is 6.50. The molecule has 1 nitrogen and oxygen atoms in total. The Hall–Kier alpha value is -1.68. The summed E-state index contributed by atoms with van der Waals surface area (Å²) in [5, 5.41) is 0.963. The summed E-state index contributed by atoms with van der Waals surface area (Å²) < 4.78 is 5.22. The average Bonchev–Trinajstić information content (AvgIpc) is 2.46. The topological polar surface area (TPSA) is 13.1 Å². The maximum Gasteiger partial charge on any atom is 0.135 e. The van der Waals surface area contributed by atoms with Gasteiger partial charge < -0.3 is 4.42 Å². The van der Waals surface area contributed by atoms with Crippen molar-refractivity contribution >= 4 is 11.0 Å². The highest BCUT2D eigenvalue weighted by atomic mass is 16.3. The van der Waals surface area contributed by atoms with Crippen molar-refractivity contribution in [1.82, 2.24) is 0 Å². The first-order chi connectivity index (χ1) is 5.81. The third-order valence-corrected chi connectivity index (χ3v) is 1.79. The number of rotatable bonds is 0. The van der Waals surface area contributed by atoms with Gasteiger partial charge in [0.15, 0.2) is 0 Å². The van der Waals surface area contributed by atoms with E-state index in [4.69, 9.17) is 10.8 Å². The van der Waals surface area contributed by atoms with E-state index >= 15 is 0 Å². The summed E-state index contributed by atoms with van der Waals surface area (Å²) in [6.07, 6.45) is 6.87. The van der Waals surface area contributed by atoms with Crippen LogP contribution < -0.4 is 0 Å². The van der Waals surface area contributed by atoms with Crippen molar-refractivity contribution in [3.63, 3.8) is 0 Å². The van der Waals surface area contributed by atoms with Gasteiger partial charge in [0.2, 0.25) is 0 Å². The highest BCUT2D eigenvalue weighted by Crippen LogP contribution is 2.21. The molecule has 0 amide bonds. The lowest BCUT2D eigenvalue weighted by molar-refractivity contribution is 0.615. The molecule has 0 saturated heterocycles. The first kappa shape index (κ1) is 7.00. The number of terminal acetylenes is 1. The zero-order chi connectivity index (χ0) is 8.55. The molecule has 57 valence electrons. The fourth-order valence-electron chi connectivity index (χ4n) is 1.19. The monoisotopic (exact) mass is 155 g/mol. The van der Waals surface area contributed by atoms with Crippen LogP contribution in [-0.2, 0) is 0 Å². The maximum absolute atomic E-state index is 5.28. The fraction of sp³-hybridized carbons (Fsp3) is 0. The molecule has 0 atom stereocenters. The molecule has 1 radical (unpaired) electrons. The molecule has 2 rings (SSSR count). The SMILES string of the molecule is C#Cc1coc2ccc([CH2])cc12. The van der Waals surface area contributed by atoms with Gasteiger partial charge in [-0.15, -0.1) is 6.42 Å². The lowest BCUT2D eigenvalue weighted by Crippen LogP contribution is -1.72. The first-order valence-corrected chi connectivity index (χ1v) is 3.61. The Bertz CT molecular complexity index is 457. The Morgan fingerprint density at radius 3 is 3.00 bits per heavy atom. The van der Waals surface area contributed by atoms with E-state index in [2.05, 4.69) is 12.8 Å². The second-order valence-electron chi connectivity index (χ2n) is 2.62. The minimum atomic E-state index is 0.788. The molecule has 0 unspecified atom stereocenters. The van der Waals surface area contributed by atoms with Gasteiger partial charge in [0.05, 0.1) is 5.56 Å². The molecule has 0 aliphatic heterocycles. The van der Waals surface area contributed by atoms with Crippen LogP contribution in [0.5, 0.6) is 0 Å². The van der Waals surface area contributed by atoms with E-state index in [9.17, 15) is 0 Å². The molecular formula is C11H7O. The molecule has 12 heavy (non-hydrogen) atoms. The van der Waals surface area contributed by atoms with Crippen molar-refractivity contribution in [3.8, 4) is 12.3 Å². The Kier molecular flexibility index (Phi) is 1.41. The molecule has 1 heterocycles. The number of hydrogen-bond acceptors (Lipinski definition) is 1. The first-order valence-electron chi connectivity index (χ1n) is 3.61. The fourth-order valence-corrected chi connectivity index (χ4v) is 1.19. The lowest BCUT2D eigenvalue weighted by atomic mass is 10.1. The Labute approximate surface area is 71.0 Å². The van der Waals surface area contributed by atoms with Gasteiger partial charge in [-0.05, 0) is 24.6 Å². The molecule has 2 aromatic rings. The summed E-state index contributed by atoms with van der Waals surface area (Å²) >= 11 is 0. The summed E-state index contributed by atoms with van der Waals surface area (Å²) in [5.41, 5.74) is 2.55. The van der Waals surface area contributed by atoms with Crippen LogP contribution in [0.2, 0.25) is 0 Å². The molecule has 0 N–H and O–H groups in total. The van der Waals surface area contributed by atoms with Crippen LogP contribution >= 0.6 is 0 Å². The smallest absolute Gasteiger partial charge is 0.135 e. The van der Waals surface area contributed by atoms with Gasteiger partial charge in [-0.2, -0.15) is 0 Å². The van der Waals surface area contributed by atoms with E-state index in [1.165, 1.54) is 0 Å². The molecule has 1 heteroatoms. The van der Waals surface area contributed by atoms with Gasteiger partial charge >= 0.3 is 0 Å². The van der Waals surface area contributed by atoms with Crippen LogP contribution in [0.4, 0.5) is 0 Å². The maximum atomic E-state index is 5.28. The number of hydrogen-bond donors (Lipinski definition) is 0. The van der Waals surface area contributed by atoms with Crippen LogP contribution in [0.25, 0.3) is 11.0 Å². The number of furan rings is 1. The minimum absolute atomic E-state index is 0.788. The van der Waals surface area contributed by atoms with Gasteiger partial charge in [-0.25, -0.2) is 0 Å². The van der Waals surface area contributed by atoms with Crippen LogP contribution in [-0.4, -0.2) is 0 Å². The molecule has 0 spiro atoms. The van der Waals surface area contributed by atoms with Crippen LogP contribution in [0.15, 0.2) is 28.9 Å². The molecule has 0 aliphatic rings. The highest BCUT2D eigenvalue weighted by Gasteiger charge is 2.02. The van der Waals surface area contributed by atoms with Crippen molar-refractivity contribution in [2.75, 3.05) is 0 Å². The summed E-state index contributed by atoms with van der Waals surface area (Å²) in [4.78, 5) is 0. The molecule has 1 aromatic heterocycles. The summed E-state index contributed by atoms with van der Waals surface area (Å²) in [7, 11) is 0. The van der Waals surface area contributed by atoms with Gasteiger partial charge in [-0.1, -0.05) is 12.0 Å². The molecule has 0 aliphatic carbocycles. The predicted octanol–water partition coefficient (Wildman–Crippen LogP) is 2.60. The molecule has 1 aromatic carbocycles. The van der Waals surface area contributed by atoms with Crippen molar-refractivity contribution in [2.45, 2.75) is 0 Å². The molecule has 0 bridgehead atoms. The van der Waals surface area contributed by atoms with E-state index in [0.717, 1.165) is 22.1 Å². The highest BCUT2D eigenvalue weighted by molar-refractivity contribution is 5.84. The zero-order valence-corrected chi connectivity index (χ0v) is 6.50. The summed E-state index contributed by atoms with van der Waals surface area (Å²) in [6, 6.07) is 5.69.